The summed E-state index contributed by atoms with van der Waals surface area (Å²) in [4.78, 5) is 16.1. The van der Waals surface area contributed by atoms with Crippen molar-refractivity contribution >= 4 is 11.6 Å². The van der Waals surface area contributed by atoms with Gasteiger partial charge in [-0.05, 0) is 30.8 Å². The highest BCUT2D eigenvalue weighted by atomic mass is 16.5. The first kappa shape index (κ1) is 16.3. The molecule has 0 saturated carbocycles. The van der Waals surface area contributed by atoms with Crippen molar-refractivity contribution in [1.82, 2.24) is 4.90 Å². The molecule has 2 aromatic rings. The zero-order chi connectivity index (χ0) is 16.9. The number of piperazine rings is 1. The highest BCUT2D eigenvalue weighted by Crippen LogP contribution is 2.31. The van der Waals surface area contributed by atoms with E-state index < -0.39 is 5.91 Å². The Morgan fingerprint density at radius 3 is 2.46 bits per heavy atom. The lowest BCUT2D eigenvalue weighted by molar-refractivity contribution is 0.1000. The molecule has 1 amide bonds. The summed E-state index contributed by atoms with van der Waals surface area (Å²) in [6.07, 6.45) is 0. The van der Waals surface area contributed by atoms with E-state index in [0.29, 0.717) is 12.2 Å². The largest absolute Gasteiger partial charge is 0.487 e. The van der Waals surface area contributed by atoms with Gasteiger partial charge in [-0.3, -0.25) is 4.79 Å². The predicted octanol–water partition coefficient (Wildman–Crippen LogP) is 2.12. The van der Waals surface area contributed by atoms with Crippen molar-refractivity contribution in [1.29, 1.82) is 0 Å². The van der Waals surface area contributed by atoms with Crippen LogP contribution >= 0.6 is 0 Å². The van der Waals surface area contributed by atoms with Gasteiger partial charge >= 0.3 is 0 Å². The second kappa shape index (κ2) is 7.36. The summed E-state index contributed by atoms with van der Waals surface area (Å²) >= 11 is 0. The van der Waals surface area contributed by atoms with Crippen molar-refractivity contribution in [3.63, 3.8) is 0 Å². The average Bonchev–Trinajstić information content (AvgIpc) is 2.61. The number of hydrogen-bond acceptors (Lipinski definition) is 4. The number of nitrogens with two attached hydrogens (primary N) is 1. The second-order valence-electron chi connectivity index (χ2n) is 6.11. The van der Waals surface area contributed by atoms with Crippen LogP contribution < -0.4 is 15.4 Å². The fourth-order valence-corrected chi connectivity index (χ4v) is 2.82. The molecule has 0 radical (unpaired) electrons. The van der Waals surface area contributed by atoms with Crippen molar-refractivity contribution in [3.05, 3.63) is 59.7 Å². The third kappa shape index (κ3) is 3.86. The van der Waals surface area contributed by atoms with Crippen LogP contribution in [0.5, 0.6) is 5.75 Å². The van der Waals surface area contributed by atoms with Gasteiger partial charge in [0.2, 0.25) is 5.91 Å². The standard InChI is InChI=1S/C19H23N3O2/c1-21-9-11-22(12-10-21)17-13-16(19(20)23)7-8-18(17)24-14-15-5-3-2-4-6-15/h2-8,13H,9-12,14H2,1H3,(H2,20,23). The highest BCUT2D eigenvalue weighted by molar-refractivity contribution is 5.94. The van der Waals surface area contributed by atoms with Crippen LogP contribution in [0, 0.1) is 0 Å². The number of carbonyl (C=O) groups is 1. The van der Waals surface area contributed by atoms with E-state index in [2.05, 4.69) is 16.8 Å². The van der Waals surface area contributed by atoms with Crippen molar-refractivity contribution in [3.8, 4) is 5.75 Å². The first-order valence-electron chi connectivity index (χ1n) is 8.17. The molecule has 0 unspecified atom stereocenters. The summed E-state index contributed by atoms with van der Waals surface area (Å²) in [6, 6.07) is 15.5. The smallest absolute Gasteiger partial charge is 0.248 e. The van der Waals surface area contributed by atoms with E-state index >= 15 is 0 Å². The topological polar surface area (TPSA) is 58.8 Å². The van der Waals surface area contributed by atoms with E-state index in [4.69, 9.17) is 10.5 Å². The Morgan fingerprint density at radius 1 is 1.08 bits per heavy atom. The monoisotopic (exact) mass is 325 g/mol. The number of rotatable bonds is 5. The van der Waals surface area contributed by atoms with Gasteiger partial charge in [0.1, 0.15) is 12.4 Å². The minimum atomic E-state index is -0.417. The summed E-state index contributed by atoms with van der Waals surface area (Å²) in [5.74, 6) is 0.369. The van der Waals surface area contributed by atoms with Crippen LogP contribution in [0.1, 0.15) is 15.9 Å². The van der Waals surface area contributed by atoms with Crippen LogP contribution in [-0.4, -0.2) is 44.0 Å². The fourth-order valence-electron chi connectivity index (χ4n) is 2.82. The third-order valence-corrected chi connectivity index (χ3v) is 4.32. The van der Waals surface area contributed by atoms with Crippen LogP contribution in [0.25, 0.3) is 0 Å². The number of hydrogen-bond donors (Lipinski definition) is 1. The lowest BCUT2D eigenvalue weighted by atomic mass is 10.1. The van der Waals surface area contributed by atoms with Crippen LogP contribution in [0.4, 0.5) is 5.69 Å². The molecular formula is C19H23N3O2. The molecule has 0 aliphatic carbocycles. The van der Waals surface area contributed by atoms with Gasteiger partial charge < -0.3 is 20.3 Å². The molecule has 2 aromatic carbocycles. The molecule has 2 N–H and O–H groups in total. The van der Waals surface area contributed by atoms with E-state index in [9.17, 15) is 4.79 Å². The first-order valence-corrected chi connectivity index (χ1v) is 8.17. The molecule has 5 heteroatoms. The maximum Gasteiger partial charge on any atom is 0.248 e. The van der Waals surface area contributed by atoms with Gasteiger partial charge in [-0.1, -0.05) is 30.3 Å². The molecule has 5 nitrogen and oxygen atoms in total. The number of carbonyl (C=O) groups excluding carboxylic acids is 1. The maximum atomic E-state index is 11.5. The van der Waals surface area contributed by atoms with E-state index in [1.54, 1.807) is 6.07 Å². The van der Waals surface area contributed by atoms with Gasteiger partial charge in [-0.15, -0.1) is 0 Å². The van der Waals surface area contributed by atoms with Crippen molar-refractivity contribution in [2.75, 3.05) is 38.1 Å². The minimum absolute atomic E-state index is 0.417. The number of amides is 1. The zero-order valence-corrected chi connectivity index (χ0v) is 13.9. The molecule has 1 saturated heterocycles. The molecule has 0 aromatic heterocycles. The summed E-state index contributed by atoms with van der Waals surface area (Å²) in [6.45, 7) is 4.27. The lowest BCUT2D eigenvalue weighted by Gasteiger charge is -2.35. The third-order valence-electron chi connectivity index (χ3n) is 4.32. The fraction of sp³-hybridized carbons (Fsp3) is 0.316. The van der Waals surface area contributed by atoms with E-state index in [1.807, 2.05) is 42.5 Å². The first-order chi connectivity index (χ1) is 11.6. The molecule has 1 fully saturated rings. The molecule has 1 heterocycles. The van der Waals surface area contributed by atoms with Crippen molar-refractivity contribution in [2.24, 2.45) is 5.73 Å². The number of likely N-dealkylation sites (N-methyl/N-ethyl adjacent to an activating group) is 1. The Labute approximate surface area is 142 Å². The predicted molar refractivity (Wildman–Crippen MR) is 95.4 cm³/mol. The molecular weight excluding hydrogens is 302 g/mol. The molecule has 126 valence electrons. The van der Waals surface area contributed by atoms with Gasteiger partial charge in [0.25, 0.3) is 0 Å². The van der Waals surface area contributed by atoms with Gasteiger partial charge in [0, 0.05) is 31.7 Å². The average molecular weight is 325 g/mol. The Balaban J connectivity index is 1.82. The molecule has 0 spiro atoms. The van der Waals surface area contributed by atoms with Gasteiger partial charge in [-0.25, -0.2) is 0 Å². The quantitative estimate of drug-likeness (QED) is 0.915. The number of ether oxygens (including phenoxy) is 1. The molecule has 3 rings (SSSR count). The SMILES string of the molecule is CN1CCN(c2cc(C(N)=O)ccc2OCc2ccccc2)CC1. The summed E-state index contributed by atoms with van der Waals surface area (Å²) in [5.41, 5.74) is 8.00. The second-order valence-corrected chi connectivity index (χ2v) is 6.11. The van der Waals surface area contributed by atoms with Crippen LogP contribution in [0.3, 0.4) is 0 Å². The van der Waals surface area contributed by atoms with E-state index in [0.717, 1.165) is 43.2 Å². The summed E-state index contributed by atoms with van der Waals surface area (Å²) in [5, 5.41) is 0. The normalized spacial score (nSPS) is 15.3. The van der Waals surface area contributed by atoms with Crippen LogP contribution in [-0.2, 0) is 6.61 Å². The Bertz CT molecular complexity index is 695. The molecule has 1 aliphatic rings. The maximum absolute atomic E-state index is 11.5. The van der Waals surface area contributed by atoms with E-state index in [-0.39, 0.29) is 0 Å². The van der Waals surface area contributed by atoms with E-state index in [1.165, 1.54) is 0 Å². The summed E-state index contributed by atoms with van der Waals surface area (Å²) < 4.78 is 6.03. The molecule has 1 aliphatic heterocycles. The molecule has 24 heavy (non-hydrogen) atoms. The summed E-state index contributed by atoms with van der Waals surface area (Å²) in [7, 11) is 2.12. The van der Waals surface area contributed by atoms with Crippen molar-refractivity contribution in [2.45, 2.75) is 6.61 Å². The lowest BCUT2D eigenvalue weighted by Crippen LogP contribution is -2.44. The Kier molecular flexibility index (Phi) is 5.01. The minimum Gasteiger partial charge on any atom is -0.487 e. The van der Waals surface area contributed by atoms with Gasteiger partial charge in [0.05, 0.1) is 5.69 Å². The number of primary amides is 1. The Morgan fingerprint density at radius 2 is 1.79 bits per heavy atom. The van der Waals surface area contributed by atoms with Crippen molar-refractivity contribution < 1.29 is 9.53 Å². The number of anilines is 1. The van der Waals surface area contributed by atoms with Gasteiger partial charge in [0.15, 0.2) is 0 Å². The molecule has 0 bridgehead atoms. The van der Waals surface area contributed by atoms with Gasteiger partial charge in [-0.2, -0.15) is 0 Å². The van der Waals surface area contributed by atoms with Crippen LogP contribution in [0.15, 0.2) is 48.5 Å². The number of benzene rings is 2. The molecule has 0 atom stereocenters. The zero-order valence-electron chi connectivity index (χ0n) is 13.9. The highest BCUT2D eigenvalue weighted by Gasteiger charge is 2.19. The number of nitrogens with zero attached hydrogens (tertiary/aromatic N) is 2. The van der Waals surface area contributed by atoms with Crippen LogP contribution in [0.2, 0.25) is 0 Å². The Hall–Kier alpha value is -2.53.